The lowest BCUT2D eigenvalue weighted by Crippen LogP contribution is -2.27. The third-order valence-corrected chi connectivity index (χ3v) is 3.54. The topological polar surface area (TPSA) is 58.2 Å². The highest BCUT2D eigenvalue weighted by Crippen LogP contribution is 2.19. The summed E-state index contributed by atoms with van der Waals surface area (Å²) < 4.78 is 0. The van der Waals surface area contributed by atoms with Crippen LogP contribution in [0.1, 0.15) is 22.3 Å². The lowest BCUT2D eigenvalue weighted by Gasteiger charge is -2.08. The first kappa shape index (κ1) is 16.0. The summed E-state index contributed by atoms with van der Waals surface area (Å²) in [4.78, 5) is 23.6. The van der Waals surface area contributed by atoms with Crippen molar-refractivity contribution in [3.05, 3.63) is 64.7 Å². The molecule has 0 aliphatic carbocycles. The Morgan fingerprint density at radius 3 is 2.50 bits per heavy atom. The molecule has 0 atom stereocenters. The number of hydrogen-bond acceptors (Lipinski definition) is 2. The van der Waals surface area contributed by atoms with E-state index in [2.05, 4.69) is 10.6 Å². The van der Waals surface area contributed by atoms with Crippen LogP contribution in [0, 0.1) is 6.92 Å². The fourth-order valence-corrected chi connectivity index (χ4v) is 2.06. The third kappa shape index (κ3) is 4.60. The first-order valence-corrected chi connectivity index (χ1v) is 7.33. The Labute approximate surface area is 134 Å². The van der Waals surface area contributed by atoms with Crippen LogP contribution in [0.4, 0.5) is 5.69 Å². The predicted octanol–water partition coefficient (Wildman–Crippen LogP) is 3.41. The van der Waals surface area contributed by atoms with Gasteiger partial charge in [0.1, 0.15) is 0 Å². The molecule has 4 nitrogen and oxygen atoms in total. The number of carbonyl (C=O) groups excluding carboxylic acids is 2. The molecule has 5 heteroatoms. The van der Waals surface area contributed by atoms with Crippen molar-refractivity contribution in [3.8, 4) is 0 Å². The number of rotatable bonds is 5. The van der Waals surface area contributed by atoms with Gasteiger partial charge in [-0.1, -0.05) is 35.9 Å². The second-order valence-electron chi connectivity index (χ2n) is 4.88. The molecule has 0 radical (unpaired) electrons. The standard InChI is InChI=1S/C17H17ClN2O2/c1-12-7-8-14(11-15(12)18)20-16(21)9-10-19-17(22)13-5-3-2-4-6-13/h2-8,11H,9-10H2,1H3,(H,19,22)(H,20,21). The SMILES string of the molecule is Cc1ccc(NC(=O)CCNC(=O)c2ccccc2)cc1Cl. The maximum Gasteiger partial charge on any atom is 0.251 e. The zero-order chi connectivity index (χ0) is 15.9. The molecule has 0 aliphatic heterocycles. The highest BCUT2D eigenvalue weighted by atomic mass is 35.5. The normalized spacial score (nSPS) is 10.1. The highest BCUT2D eigenvalue weighted by Gasteiger charge is 2.07. The highest BCUT2D eigenvalue weighted by molar-refractivity contribution is 6.31. The molecular formula is C17H17ClN2O2. The van der Waals surface area contributed by atoms with Crippen LogP contribution in [0.25, 0.3) is 0 Å². The molecule has 0 fully saturated rings. The van der Waals surface area contributed by atoms with Crippen molar-refractivity contribution >= 4 is 29.1 Å². The maximum absolute atomic E-state index is 11.8. The Balaban J connectivity index is 1.78. The van der Waals surface area contributed by atoms with Gasteiger partial charge in [0.05, 0.1) is 0 Å². The molecule has 2 rings (SSSR count). The first-order valence-electron chi connectivity index (χ1n) is 6.95. The van der Waals surface area contributed by atoms with Gasteiger partial charge in [0, 0.05) is 29.2 Å². The van der Waals surface area contributed by atoms with Gasteiger partial charge in [-0.25, -0.2) is 0 Å². The van der Waals surface area contributed by atoms with Crippen LogP contribution in [-0.2, 0) is 4.79 Å². The van der Waals surface area contributed by atoms with Crippen LogP contribution in [-0.4, -0.2) is 18.4 Å². The van der Waals surface area contributed by atoms with Crippen LogP contribution >= 0.6 is 11.6 Å². The van der Waals surface area contributed by atoms with Gasteiger partial charge in [0.25, 0.3) is 5.91 Å². The molecule has 0 unspecified atom stereocenters. The summed E-state index contributed by atoms with van der Waals surface area (Å²) in [6.45, 7) is 2.17. The molecule has 2 aromatic carbocycles. The van der Waals surface area contributed by atoms with Crippen molar-refractivity contribution in [2.45, 2.75) is 13.3 Å². The summed E-state index contributed by atoms with van der Waals surface area (Å²) in [6, 6.07) is 14.2. The molecule has 0 aromatic heterocycles. The Kier molecular flexibility index (Phi) is 5.55. The summed E-state index contributed by atoms with van der Waals surface area (Å²) in [5.41, 5.74) is 2.18. The van der Waals surface area contributed by atoms with Gasteiger partial charge in [-0.15, -0.1) is 0 Å². The Morgan fingerprint density at radius 2 is 1.82 bits per heavy atom. The number of anilines is 1. The van der Waals surface area contributed by atoms with E-state index < -0.39 is 0 Å². The summed E-state index contributed by atoms with van der Waals surface area (Å²) in [7, 11) is 0. The minimum Gasteiger partial charge on any atom is -0.352 e. The fourth-order valence-electron chi connectivity index (χ4n) is 1.88. The summed E-state index contributed by atoms with van der Waals surface area (Å²) in [5, 5.41) is 6.07. The van der Waals surface area contributed by atoms with E-state index in [9.17, 15) is 9.59 Å². The number of benzene rings is 2. The van der Waals surface area contributed by atoms with Crippen molar-refractivity contribution < 1.29 is 9.59 Å². The number of halogens is 1. The molecule has 114 valence electrons. The van der Waals surface area contributed by atoms with E-state index in [0.717, 1.165) is 5.56 Å². The second kappa shape index (κ2) is 7.61. The van der Waals surface area contributed by atoms with Crippen molar-refractivity contribution in [2.75, 3.05) is 11.9 Å². The van der Waals surface area contributed by atoms with Gasteiger partial charge in [0.2, 0.25) is 5.91 Å². The molecule has 0 saturated heterocycles. The minimum atomic E-state index is -0.188. The second-order valence-corrected chi connectivity index (χ2v) is 5.29. The molecule has 2 aromatic rings. The van der Waals surface area contributed by atoms with E-state index in [4.69, 9.17) is 11.6 Å². The van der Waals surface area contributed by atoms with E-state index in [-0.39, 0.29) is 24.8 Å². The Bertz CT molecular complexity index is 672. The van der Waals surface area contributed by atoms with E-state index in [0.29, 0.717) is 16.3 Å². The quantitative estimate of drug-likeness (QED) is 0.888. The molecule has 2 amide bonds. The van der Waals surface area contributed by atoms with Crippen LogP contribution in [0.2, 0.25) is 5.02 Å². The zero-order valence-electron chi connectivity index (χ0n) is 12.2. The molecule has 0 spiro atoms. The number of amides is 2. The van der Waals surface area contributed by atoms with Crippen molar-refractivity contribution in [3.63, 3.8) is 0 Å². The van der Waals surface area contributed by atoms with E-state index in [1.54, 1.807) is 36.4 Å². The molecule has 0 saturated carbocycles. The van der Waals surface area contributed by atoms with Gasteiger partial charge in [-0.3, -0.25) is 9.59 Å². The zero-order valence-corrected chi connectivity index (χ0v) is 13.0. The molecule has 0 heterocycles. The van der Waals surface area contributed by atoms with Crippen molar-refractivity contribution in [1.82, 2.24) is 5.32 Å². The van der Waals surface area contributed by atoms with Crippen LogP contribution in [0.3, 0.4) is 0 Å². The van der Waals surface area contributed by atoms with Crippen molar-refractivity contribution in [1.29, 1.82) is 0 Å². The van der Waals surface area contributed by atoms with E-state index in [1.807, 2.05) is 19.1 Å². The molecule has 0 bridgehead atoms. The molecular weight excluding hydrogens is 300 g/mol. The molecule has 0 aliphatic rings. The first-order chi connectivity index (χ1) is 10.6. The fraction of sp³-hybridized carbons (Fsp3) is 0.176. The lowest BCUT2D eigenvalue weighted by molar-refractivity contribution is -0.116. The largest absolute Gasteiger partial charge is 0.352 e. The number of aryl methyl sites for hydroxylation is 1. The average Bonchev–Trinajstić information content (AvgIpc) is 2.51. The number of hydrogen-bond donors (Lipinski definition) is 2. The van der Waals surface area contributed by atoms with E-state index >= 15 is 0 Å². The predicted molar refractivity (Wildman–Crippen MR) is 88.2 cm³/mol. The number of nitrogens with one attached hydrogen (secondary N) is 2. The summed E-state index contributed by atoms with van der Waals surface area (Å²) in [6.07, 6.45) is 0.198. The smallest absolute Gasteiger partial charge is 0.251 e. The Morgan fingerprint density at radius 1 is 1.09 bits per heavy atom. The number of carbonyl (C=O) groups is 2. The van der Waals surface area contributed by atoms with Crippen molar-refractivity contribution in [2.24, 2.45) is 0 Å². The maximum atomic E-state index is 11.8. The van der Waals surface area contributed by atoms with Gasteiger partial charge in [-0.05, 0) is 36.8 Å². The van der Waals surface area contributed by atoms with Crippen LogP contribution in [0.5, 0.6) is 0 Å². The Hall–Kier alpha value is -2.33. The van der Waals surface area contributed by atoms with Crippen LogP contribution < -0.4 is 10.6 Å². The van der Waals surface area contributed by atoms with Gasteiger partial charge < -0.3 is 10.6 Å². The third-order valence-electron chi connectivity index (χ3n) is 3.13. The van der Waals surface area contributed by atoms with Gasteiger partial charge in [-0.2, -0.15) is 0 Å². The van der Waals surface area contributed by atoms with E-state index in [1.165, 1.54) is 0 Å². The average molecular weight is 317 g/mol. The van der Waals surface area contributed by atoms with Crippen LogP contribution in [0.15, 0.2) is 48.5 Å². The lowest BCUT2D eigenvalue weighted by atomic mass is 10.2. The monoisotopic (exact) mass is 316 g/mol. The van der Waals surface area contributed by atoms with Gasteiger partial charge in [0.15, 0.2) is 0 Å². The minimum absolute atomic E-state index is 0.173. The molecule has 2 N–H and O–H groups in total. The van der Waals surface area contributed by atoms with Gasteiger partial charge >= 0.3 is 0 Å². The molecule has 22 heavy (non-hydrogen) atoms. The summed E-state index contributed by atoms with van der Waals surface area (Å²) in [5.74, 6) is -0.361. The summed E-state index contributed by atoms with van der Waals surface area (Å²) >= 11 is 6.00.